The second-order valence-electron chi connectivity index (χ2n) is 4.64. The van der Waals surface area contributed by atoms with Gasteiger partial charge in [0.2, 0.25) is 0 Å². The molecule has 1 saturated heterocycles. The van der Waals surface area contributed by atoms with E-state index in [0.717, 1.165) is 13.0 Å². The lowest BCUT2D eigenvalue weighted by atomic mass is 10.1. The predicted octanol–water partition coefficient (Wildman–Crippen LogP) is 1.84. The van der Waals surface area contributed by atoms with Crippen molar-refractivity contribution in [3.05, 3.63) is 27.8 Å². The summed E-state index contributed by atoms with van der Waals surface area (Å²) in [5.41, 5.74) is -0.176. The second kappa shape index (κ2) is 8.21. The van der Waals surface area contributed by atoms with Crippen LogP contribution in [0.4, 0.5) is 5.69 Å². The molecule has 0 spiro atoms. The normalized spacial score (nSPS) is 16.7. The largest absolute Gasteiger partial charge is 0.495 e. The van der Waals surface area contributed by atoms with Crippen LogP contribution < -0.4 is 15.4 Å². The molecular weight excluding hydrogens is 330 g/mol. The molecule has 1 atom stereocenters. The minimum absolute atomic E-state index is 0. The molecule has 7 nitrogen and oxygen atoms in total. The van der Waals surface area contributed by atoms with Crippen LogP contribution in [0.15, 0.2) is 17.0 Å². The zero-order valence-electron chi connectivity index (χ0n) is 12.3. The molecule has 1 amide bonds. The van der Waals surface area contributed by atoms with Crippen LogP contribution in [0.3, 0.4) is 0 Å². The number of thioether (sulfide) groups is 1. The van der Waals surface area contributed by atoms with E-state index >= 15 is 0 Å². The summed E-state index contributed by atoms with van der Waals surface area (Å²) in [6.45, 7) is 1.52. The summed E-state index contributed by atoms with van der Waals surface area (Å²) in [6.07, 6.45) is 2.65. The van der Waals surface area contributed by atoms with Crippen molar-refractivity contribution >= 4 is 35.8 Å². The van der Waals surface area contributed by atoms with Crippen LogP contribution in [-0.2, 0) is 0 Å². The van der Waals surface area contributed by atoms with Crippen molar-refractivity contribution in [3.8, 4) is 5.75 Å². The van der Waals surface area contributed by atoms with E-state index in [2.05, 4.69) is 10.6 Å². The number of hydrogen-bond acceptors (Lipinski definition) is 6. The molecular formula is C13H18ClN3O4S. The van der Waals surface area contributed by atoms with Gasteiger partial charge >= 0.3 is 0 Å². The fourth-order valence-corrected chi connectivity index (χ4v) is 2.82. The highest BCUT2D eigenvalue weighted by Gasteiger charge is 2.26. The maximum atomic E-state index is 12.3. The molecule has 1 aromatic carbocycles. The Morgan fingerprint density at radius 3 is 2.77 bits per heavy atom. The van der Waals surface area contributed by atoms with Gasteiger partial charge in [-0.2, -0.15) is 0 Å². The molecule has 1 aromatic rings. The van der Waals surface area contributed by atoms with Crippen molar-refractivity contribution in [3.63, 3.8) is 0 Å². The van der Waals surface area contributed by atoms with Gasteiger partial charge in [-0.3, -0.25) is 14.9 Å². The van der Waals surface area contributed by atoms with Gasteiger partial charge in [-0.05, 0) is 25.3 Å². The highest BCUT2D eigenvalue weighted by Crippen LogP contribution is 2.34. The number of nitrogens with zero attached hydrogens (tertiary/aromatic N) is 1. The smallest absolute Gasteiger partial charge is 0.285 e. The molecule has 0 radical (unpaired) electrons. The van der Waals surface area contributed by atoms with E-state index in [0.29, 0.717) is 17.2 Å². The lowest BCUT2D eigenvalue weighted by Crippen LogP contribution is -2.36. The Bertz CT molecular complexity index is 564. The molecule has 0 bridgehead atoms. The Kier molecular flexibility index (Phi) is 6.92. The Balaban J connectivity index is 0.00000242. The van der Waals surface area contributed by atoms with Gasteiger partial charge in [0.05, 0.1) is 23.0 Å². The summed E-state index contributed by atoms with van der Waals surface area (Å²) in [5, 5.41) is 17.1. The summed E-state index contributed by atoms with van der Waals surface area (Å²) in [7, 11) is 1.45. The van der Waals surface area contributed by atoms with Gasteiger partial charge in [0.15, 0.2) is 0 Å². The third-order valence-electron chi connectivity index (χ3n) is 3.34. The molecule has 22 heavy (non-hydrogen) atoms. The number of rotatable bonds is 5. The van der Waals surface area contributed by atoms with Crippen LogP contribution in [0.1, 0.15) is 16.8 Å². The highest BCUT2D eigenvalue weighted by atomic mass is 35.5. The monoisotopic (exact) mass is 347 g/mol. The predicted molar refractivity (Wildman–Crippen MR) is 87.4 cm³/mol. The third-order valence-corrected chi connectivity index (χ3v) is 4.10. The van der Waals surface area contributed by atoms with E-state index in [4.69, 9.17) is 4.74 Å². The Labute approximate surface area is 138 Å². The van der Waals surface area contributed by atoms with Gasteiger partial charge in [-0.25, -0.2) is 0 Å². The number of methoxy groups -OCH3 is 1. The van der Waals surface area contributed by atoms with E-state index in [1.807, 2.05) is 6.26 Å². The van der Waals surface area contributed by atoms with Crippen molar-refractivity contribution in [1.29, 1.82) is 0 Å². The van der Waals surface area contributed by atoms with Gasteiger partial charge < -0.3 is 15.4 Å². The summed E-state index contributed by atoms with van der Waals surface area (Å²) in [6, 6.07) is 2.82. The fourth-order valence-electron chi connectivity index (χ4n) is 2.24. The SMILES string of the molecule is COc1cc([N+](=O)[O-])c(C(=O)NC2CCNC2)cc1SC.Cl. The number of hydrogen-bond donors (Lipinski definition) is 2. The Hall–Kier alpha value is -1.51. The zero-order valence-corrected chi connectivity index (χ0v) is 13.9. The van der Waals surface area contributed by atoms with E-state index in [1.54, 1.807) is 0 Å². The summed E-state index contributed by atoms with van der Waals surface area (Å²) < 4.78 is 5.13. The van der Waals surface area contributed by atoms with Crippen molar-refractivity contribution in [2.24, 2.45) is 0 Å². The molecule has 0 saturated carbocycles. The first-order chi connectivity index (χ1) is 10.1. The number of carbonyl (C=O) groups is 1. The molecule has 1 fully saturated rings. The number of ether oxygens (including phenoxy) is 1. The van der Waals surface area contributed by atoms with E-state index in [-0.39, 0.29) is 29.7 Å². The van der Waals surface area contributed by atoms with Gasteiger partial charge in [0, 0.05) is 12.6 Å². The quantitative estimate of drug-likeness (QED) is 0.479. The molecule has 1 heterocycles. The van der Waals surface area contributed by atoms with Crippen LogP contribution in [0, 0.1) is 10.1 Å². The number of nitro benzene ring substituents is 1. The number of carbonyl (C=O) groups excluding carboxylic acids is 1. The first kappa shape index (κ1) is 18.5. The van der Waals surface area contributed by atoms with Gasteiger partial charge in [0.1, 0.15) is 11.3 Å². The van der Waals surface area contributed by atoms with Gasteiger partial charge in [0.25, 0.3) is 11.6 Å². The maximum absolute atomic E-state index is 12.3. The molecule has 1 unspecified atom stereocenters. The minimum Gasteiger partial charge on any atom is -0.495 e. The second-order valence-corrected chi connectivity index (χ2v) is 5.49. The minimum atomic E-state index is -0.561. The summed E-state index contributed by atoms with van der Waals surface area (Å²) in [4.78, 5) is 23.6. The number of amides is 1. The van der Waals surface area contributed by atoms with Crippen LogP contribution in [0.25, 0.3) is 0 Å². The van der Waals surface area contributed by atoms with E-state index in [1.165, 1.54) is 31.0 Å². The Morgan fingerprint density at radius 2 is 2.27 bits per heavy atom. The third kappa shape index (κ3) is 4.02. The van der Waals surface area contributed by atoms with Crippen molar-refractivity contribution < 1.29 is 14.5 Å². The first-order valence-electron chi connectivity index (χ1n) is 6.48. The number of nitrogens with one attached hydrogen (secondary N) is 2. The number of nitro groups is 1. The van der Waals surface area contributed by atoms with Crippen molar-refractivity contribution in [2.45, 2.75) is 17.4 Å². The van der Waals surface area contributed by atoms with Crippen LogP contribution in [-0.4, -0.2) is 43.3 Å². The van der Waals surface area contributed by atoms with Crippen molar-refractivity contribution in [1.82, 2.24) is 10.6 Å². The van der Waals surface area contributed by atoms with E-state index in [9.17, 15) is 14.9 Å². The Morgan fingerprint density at radius 1 is 1.55 bits per heavy atom. The topological polar surface area (TPSA) is 93.5 Å². The first-order valence-corrected chi connectivity index (χ1v) is 7.71. The van der Waals surface area contributed by atoms with Crippen molar-refractivity contribution in [2.75, 3.05) is 26.5 Å². The molecule has 1 aliphatic heterocycles. The molecule has 1 aliphatic rings. The lowest BCUT2D eigenvalue weighted by molar-refractivity contribution is -0.385. The zero-order chi connectivity index (χ0) is 15.4. The molecule has 2 rings (SSSR count). The number of halogens is 1. The molecule has 2 N–H and O–H groups in total. The van der Waals surface area contributed by atoms with E-state index < -0.39 is 10.8 Å². The van der Waals surface area contributed by atoms with Gasteiger partial charge in [-0.1, -0.05) is 0 Å². The molecule has 122 valence electrons. The van der Waals surface area contributed by atoms with Crippen LogP contribution >= 0.6 is 24.2 Å². The summed E-state index contributed by atoms with van der Waals surface area (Å²) >= 11 is 1.37. The average molecular weight is 348 g/mol. The van der Waals surface area contributed by atoms with Crippen LogP contribution in [0.2, 0.25) is 0 Å². The molecule has 0 aliphatic carbocycles. The van der Waals surface area contributed by atoms with Crippen LogP contribution in [0.5, 0.6) is 5.75 Å². The summed E-state index contributed by atoms with van der Waals surface area (Å²) in [5.74, 6) is -0.0263. The average Bonchev–Trinajstić information content (AvgIpc) is 2.98. The molecule has 9 heteroatoms. The molecule has 0 aromatic heterocycles. The standard InChI is InChI=1S/C13H17N3O4S.ClH/c1-20-11-6-10(16(18)19)9(5-12(11)21-2)13(17)15-8-3-4-14-7-8;/h5-6,8,14H,3-4,7H2,1-2H3,(H,15,17);1H. The van der Waals surface area contributed by atoms with Gasteiger partial charge in [-0.15, -0.1) is 24.2 Å². The maximum Gasteiger partial charge on any atom is 0.285 e. The number of benzene rings is 1. The lowest BCUT2D eigenvalue weighted by Gasteiger charge is -2.13. The highest BCUT2D eigenvalue weighted by molar-refractivity contribution is 7.98. The fraction of sp³-hybridized carbons (Fsp3) is 0.462.